The summed E-state index contributed by atoms with van der Waals surface area (Å²) in [5.74, 6) is 0.321. The highest BCUT2D eigenvalue weighted by molar-refractivity contribution is 6.00. The number of para-hydroxylation sites is 1. The molecule has 2 atom stereocenters. The van der Waals surface area contributed by atoms with Crippen LogP contribution in [-0.2, 0) is 4.74 Å². The second-order valence-corrected chi connectivity index (χ2v) is 8.03. The number of ether oxygens (including phenoxy) is 2. The quantitative estimate of drug-likeness (QED) is 0.546. The van der Waals surface area contributed by atoms with Crippen LogP contribution < -0.4 is 4.74 Å². The first-order valence-corrected chi connectivity index (χ1v) is 10.8. The number of benzene rings is 2. The number of aromatic nitrogens is 2. The Morgan fingerprint density at radius 1 is 1.22 bits per heavy atom. The topological polar surface area (TPSA) is 108 Å². The Labute approximate surface area is 185 Å². The van der Waals surface area contributed by atoms with Gasteiger partial charge in [-0.3, -0.25) is 9.89 Å². The van der Waals surface area contributed by atoms with Crippen LogP contribution in [-0.4, -0.2) is 57.1 Å². The molecule has 0 unspecified atom stereocenters. The largest absolute Gasteiger partial charge is 0.507 e. The minimum Gasteiger partial charge on any atom is -0.507 e. The summed E-state index contributed by atoms with van der Waals surface area (Å²) in [5, 5.41) is 27.9. The highest BCUT2D eigenvalue weighted by atomic mass is 16.5. The van der Waals surface area contributed by atoms with E-state index in [1.165, 1.54) is 0 Å². The van der Waals surface area contributed by atoms with E-state index >= 15 is 0 Å². The summed E-state index contributed by atoms with van der Waals surface area (Å²) in [6.07, 6.45) is 1.84. The van der Waals surface area contributed by atoms with Crippen LogP contribution in [0.15, 0.2) is 42.5 Å². The van der Waals surface area contributed by atoms with E-state index < -0.39 is 6.04 Å². The smallest absolute Gasteiger partial charge is 0.273 e. The molecule has 3 aromatic rings. The summed E-state index contributed by atoms with van der Waals surface area (Å²) >= 11 is 0. The molecule has 0 saturated carbocycles. The third-order valence-corrected chi connectivity index (χ3v) is 6.05. The third kappa shape index (κ3) is 3.36. The first-order valence-electron chi connectivity index (χ1n) is 10.8. The molecule has 3 heterocycles. The van der Waals surface area contributed by atoms with Crippen molar-refractivity contribution in [3.63, 3.8) is 0 Å². The third-order valence-electron chi connectivity index (χ3n) is 6.05. The Balaban J connectivity index is 1.65. The van der Waals surface area contributed by atoms with Crippen LogP contribution in [0.1, 0.15) is 47.4 Å². The molecule has 2 aromatic carbocycles. The van der Waals surface area contributed by atoms with E-state index in [0.717, 1.165) is 18.4 Å². The molecule has 8 heteroatoms. The molecule has 3 N–H and O–H groups in total. The van der Waals surface area contributed by atoms with E-state index in [4.69, 9.17) is 9.47 Å². The van der Waals surface area contributed by atoms with Crippen molar-refractivity contribution >= 4 is 5.91 Å². The normalized spacial score (nSPS) is 20.0. The summed E-state index contributed by atoms with van der Waals surface area (Å²) in [4.78, 5) is 15.2. The fraction of sp³-hybridized carbons (Fsp3) is 0.333. The van der Waals surface area contributed by atoms with Gasteiger partial charge < -0.3 is 24.6 Å². The SMILES string of the molecule is CCOc1cc([C@@H]2c3c(-c4ccccc4O)n[nH]c3C(=O)N2C[C@@H]2CCCO2)ccc1O. The predicted octanol–water partition coefficient (Wildman–Crippen LogP) is 3.61. The van der Waals surface area contributed by atoms with Gasteiger partial charge in [-0.1, -0.05) is 18.2 Å². The van der Waals surface area contributed by atoms with Crippen LogP contribution in [0.4, 0.5) is 0 Å². The van der Waals surface area contributed by atoms with Crippen molar-refractivity contribution in [3.8, 4) is 28.5 Å². The lowest BCUT2D eigenvalue weighted by atomic mass is 9.95. The minimum atomic E-state index is -0.463. The molecule has 2 aliphatic rings. The van der Waals surface area contributed by atoms with E-state index in [0.29, 0.717) is 48.0 Å². The van der Waals surface area contributed by atoms with Gasteiger partial charge in [-0.15, -0.1) is 0 Å². The molecule has 32 heavy (non-hydrogen) atoms. The zero-order valence-electron chi connectivity index (χ0n) is 17.7. The van der Waals surface area contributed by atoms with Gasteiger partial charge in [0.1, 0.15) is 17.1 Å². The predicted molar refractivity (Wildman–Crippen MR) is 117 cm³/mol. The summed E-state index contributed by atoms with van der Waals surface area (Å²) in [6.45, 7) is 3.39. The minimum absolute atomic E-state index is 0.0320. The Morgan fingerprint density at radius 3 is 2.81 bits per heavy atom. The van der Waals surface area contributed by atoms with Crippen LogP contribution >= 0.6 is 0 Å². The van der Waals surface area contributed by atoms with Gasteiger partial charge in [0.05, 0.1) is 18.8 Å². The zero-order valence-corrected chi connectivity index (χ0v) is 17.7. The molecule has 0 bridgehead atoms. The molecular formula is C24H25N3O5. The monoisotopic (exact) mass is 435 g/mol. The van der Waals surface area contributed by atoms with Gasteiger partial charge >= 0.3 is 0 Å². The molecule has 0 spiro atoms. The lowest BCUT2D eigenvalue weighted by Gasteiger charge is -2.29. The summed E-state index contributed by atoms with van der Waals surface area (Å²) in [5.41, 5.74) is 2.96. The maximum atomic E-state index is 13.4. The Kier molecular flexibility index (Phi) is 5.22. The average molecular weight is 435 g/mol. The molecule has 2 aliphatic heterocycles. The molecule has 1 amide bonds. The number of aromatic amines is 1. The fourth-order valence-electron chi connectivity index (χ4n) is 4.59. The van der Waals surface area contributed by atoms with E-state index in [1.807, 2.05) is 13.0 Å². The van der Waals surface area contributed by atoms with Crippen molar-refractivity contribution in [3.05, 3.63) is 59.3 Å². The average Bonchev–Trinajstić information content (AvgIpc) is 3.50. The van der Waals surface area contributed by atoms with Crippen molar-refractivity contribution in [1.82, 2.24) is 15.1 Å². The molecule has 166 valence electrons. The fourth-order valence-corrected chi connectivity index (χ4v) is 4.59. The van der Waals surface area contributed by atoms with Crippen LogP contribution in [0.2, 0.25) is 0 Å². The van der Waals surface area contributed by atoms with Crippen molar-refractivity contribution in [2.45, 2.75) is 31.9 Å². The molecule has 1 fully saturated rings. The number of aromatic hydroxyl groups is 2. The Morgan fingerprint density at radius 2 is 2.06 bits per heavy atom. The number of hydrogen-bond acceptors (Lipinski definition) is 6. The number of carbonyl (C=O) groups excluding carboxylic acids is 1. The summed E-state index contributed by atoms with van der Waals surface area (Å²) in [7, 11) is 0. The lowest BCUT2D eigenvalue weighted by molar-refractivity contribution is 0.0495. The molecule has 5 rings (SSSR count). The van der Waals surface area contributed by atoms with E-state index in [9.17, 15) is 15.0 Å². The highest BCUT2D eigenvalue weighted by Gasteiger charge is 2.43. The van der Waals surface area contributed by atoms with Crippen LogP contribution in [0.25, 0.3) is 11.3 Å². The number of phenolic OH excluding ortho intramolecular Hbond substituents is 2. The van der Waals surface area contributed by atoms with Crippen LogP contribution in [0.3, 0.4) is 0 Å². The molecular weight excluding hydrogens is 410 g/mol. The summed E-state index contributed by atoms with van der Waals surface area (Å²) in [6, 6.07) is 11.6. The maximum Gasteiger partial charge on any atom is 0.273 e. The number of hydrogen-bond donors (Lipinski definition) is 3. The second-order valence-electron chi connectivity index (χ2n) is 8.03. The van der Waals surface area contributed by atoms with Gasteiger partial charge in [0.2, 0.25) is 0 Å². The number of amides is 1. The van der Waals surface area contributed by atoms with Crippen molar-refractivity contribution in [1.29, 1.82) is 0 Å². The van der Waals surface area contributed by atoms with Gasteiger partial charge in [0.15, 0.2) is 11.5 Å². The first-order chi connectivity index (χ1) is 15.6. The molecule has 0 aliphatic carbocycles. The molecule has 1 saturated heterocycles. The number of H-pyrrole nitrogens is 1. The van der Waals surface area contributed by atoms with Gasteiger partial charge in [-0.2, -0.15) is 5.10 Å². The number of nitrogens with zero attached hydrogens (tertiary/aromatic N) is 2. The van der Waals surface area contributed by atoms with Crippen LogP contribution in [0, 0.1) is 0 Å². The van der Waals surface area contributed by atoms with Crippen molar-refractivity contribution in [2.24, 2.45) is 0 Å². The Bertz CT molecular complexity index is 1150. The number of rotatable bonds is 6. The molecule has 0 radical (unpaired) electrons. The second kappa shape index (κ2) is 8.20. The summed E-state index contributed by atoms with van der Waals surface area (Å²) < 4.78 is 11.4. The first kappa shape index (κ1) is 20.4. The van der Waals surface area contributed by atoms with E-state index in [-0.39, 0.29) is 23.5 Å². The van der Waals surface area contributed by atoms with Gasteiger partial charge in [0.25, 0.3) is 5.91 Å². The van der Waals surface area contributed by atoms with Gasteiger partial charge in [-0.25, -0.2) is 0 Å². The standard InChI is InChI=1S/C24H25N3O5/c1-2-31-19-12-14(9-10-18(19)29)23-20-21(16-7-3-4-8-17(16)28)25-26-22(20)24(30)27(23)13-15-6-5-11-32-15/h3-4,7-10,12,15,23,28-29H,2,5-6,11,13H2,1H3,(H,25,26)/t15-,23+/m0/s1. The highest BCUT2D eigenvalue weighted by Crippen LogP contribution is 2.46. The number of phenols is 2. The Hall–Kier alpha value is -3.52. The number of carbonyl (C=O) groups is 1. The number of fused-ring (bicyclic) bond motifs is 1. The van der Waals surface area contributed by atoms with Gasteiger partial charge in [0, 0.05) is 24.3 Å². The van der Waals surface area contributed by atoms with E-state index in [1.54, 1.807) is 41.3 Å². The zero-order chi connectivity index (χ0) is 22.2. The van der Waals surface area contributed by atoms with Crippen molar-refractivity contribution in [2.75, 3.05) is 19.8 Å². The molecule has 8 nitrogen and oxygen atoms in total. The lowest BCUT2D eigenvalue weighted by Crippen LogP contribution is -2.36. The van der Waals surface area contributed by atoms with E-state index in [2.05, 4.69) is 10.2 Å². The van der Waals surface area contributed by atoms with Gasteiger partial charge in [-0.05, 0) is 49.6 Å². The van der Waals surface area contributed by atoms with Crippen molar-refractivity contribution < 1.29 is 24.5 Å². The maximum absolute atomic E-state index is 13.4. The number of nitrogens with one attached hydrogen (secondary N) is 1. The van der Waals surface area contributed by atoms with Crippen LogP contribution in [0.5, 0.6) is 17.2 Å². The molecule has 1 aromatic heterocycles.